The van der Waals surface area contributed by atoms with Crippen LogP contribution in [0.15, 0.2) is 10.7 Å². The molecule has 2 rings (SSSR count). The fourth-order valence-electron chi connectivity index (χ4n) is 1.78. The third-order valence-electron chi connectivity index (χ3n) is 2.54. The monoisotopic (exact) mass is 198 g/mol. The van der Waals surface area contributed by atoms with Crippen molar-refractivity contribution in [3.8, 4) is 0 Å². The van der Waals surface area contributed by atoms with Gasteiger partial charge in [0.05, 0.1) is 19.3 Å². The molecule has 2 heterocycles. The van der Waals surface area contributed by atoms with Gasteiger partial charge in [0.25, 0.3) is 6.01 Å². The molecule has 1 fully saturated rings. The fraction of sp³-hybridized carbons (Fsp3) is 0.667. The molecule has 78 valence electrons. The van der Waals surface area contributed by atoms with Gasteiger partial charge in [-0.25, -0.2) is 0 Å². The van der Waals surface area contributed by atoms with Crippen molar-refractivity contribution in [2.45, 2.75) is 25.5 Å². The summed E-state index contributed by atoms with van der Waals surface area (Å²) >= 11 is 0. The van der Waals surface area contributed by atoms with E-state index in [9.17, 15) is 0 Å². The second kappa shape index (κ2) is 3.98. The molecule has 1 saturated heterocycles. The molecule has 0 aliphatic carbocycles. The Morgan fingerprint density at radius 3 is 3.07 bits per heavy atom. The van der Waals surface area contributed by atoms with E-state index in [1.165, 1.54) is 6.26 Å². The predicted molar refractivity (Wildman–Crippen MR) is 49.9 cm³/mol. The molecule has 14 heavy (non-hydrogen) atoms. The SMILES string of the molecule is OCc1coc(N2CCCC2CO)n1. The highest BCUT2D eigenvalue weighted by Crippen LogP contribution is 2.24. The number of nitrogens with zero attached hydrogens (tertiary/aromatic N) is 2. The number of anilines is 1. The molecule has 2 N–H and O–H groups in total. The number of aromatic nitrogens is 1. The van der Waals surface area contributed by atoms with Crippen LogP contribution in [-0.4, -0.2) is 34.4 Å². The summed E-state index contributed by atoms with van der Waals surface area (Å²) in [5.41, 5.74) is 0.531. The smallest absolute Gasteiger partial charge is 0.297 e. The summed E-state index contributed by atoms with van der Waals surface area (Å²) in [5, 5.41) is 17.9. The second-order valence-corrected chi connectivity index (χ2v) is 3.45. The lowest BCUT2D eigenvalue weighted by Crippen LogP contribution is -2.32. The zero-order valence-corrected chi connectivity index (χ0v) is 7.89. The Kier molecular flexibility index (Phi) is 2.69. The minimum atomic E-state index is -0.110. The Morgan fingerprint density at radius 2 is 2.43 bits per heavy atom. The van der Waals surface area contributed by atoms with Crippen LogP contribution in [0.1, 0.15) is 18.5 Å². The molecule has 1 aliphatic heterocycles. The lowest BCUT2D eigenvalue weighted by molar-refractivity contribution is 0.263. The highest BCUT2D eigenvalue weighted by atomic mass is 16.4. The maximum Gasteiger partial charge on any atom is 0.297 e. The molecule has 0 bridgehead atoms. The molecule has 1 unspecified atom stereocenters. The van der Waals surface area contributed by atoms with Gasteiger partial charge in [0.2, 0.25) is 0 Å². The van der Waals surface area contributed by atoms with Gasteiger partial charge < -0.3 is 19.5 Å². The lowest BCUT2D eigenvalue weighted by Gasteiger charge is -2.20. The highest BCUT2D eigenvalue weighted by molar-refractivity contribution is 5.30. The summed E-state index contributed by atoms with van der Waals surface area (Å²) in [6.07, 6.45) is 3.46. The van der Waals surface area contributed by atoms with Crippen molar-refractivity contribution in [1.82, 2.24) is 4.98 Å². The molecule has 0 aromatic carbocycles. The van der Waals surface area contributed by atoms with Crippen LogP contribution in [0.3, 0.4) is 0 Å². The van der Waals surface area contributed by atoms with E-state index in [0.717, 1.165) is 19.4 Å². The third kappa shape index (κ3) is 1.60. The van der Waals surface area contributed by atoms with Crippen LogP contribution < -0.4 is 4.90 Å². The summed E-state index contributed by atoms with van der Waals surface area (Å²) in [4.78, 5) is 6.05. The molecule has 5 nitrogen and oxygen atoms in total. The summed E-state index contributed by atoms with van der Waals surface area (Å²) in [6.45, 7) is 0.870. The van der Waals surface area contributed by atoms with Gasteiger partial charge in [0.1, 0.15) is 12.0 Å². The number of aliphatic hydroxyl groups excluding tert-OH is 2. The molecule has 5 heteroatoms. The maximum atomic E-state index is 9.10. The molecule has 1 aliphatic rings. The zero-order valence-electron chi connectivity index (χ0n) is 7.89. The first-order valence-corrected chi connectivity index (χ1v) is 4.78. The van der Waals surface area contributed by atoms with E-state index < -0.39 is 0 Å². The largest absolute Gasteiger partial charge is 0.432 e. The minimum absolute atomic E-state index is 0.110. The molecular weight excluding hydrogens is 184 g/mol. The predicted octanol–water partition coefficient (Wildman–Crippen LogP) is 0.128. The van der Waals surface area contributed by atoms with Gasteiger partial charge in [-0.2, -0.15) is 4.98 Å². The topological polar surface area (TPSA) is 69.7 Å². The van der Waals surface area contributed by atoms with Gasteiger partial charge in [0.15, 0.2) is 0 Å². The van der Waals surface area contributed by atoms with Gasteiger partial charge in [0, 0.05) is 6.54 Å². The fourth-order valence-corrected chi connectivity index (χ4v) is 1.78. The number of hydrogen-bond donors (Lipinski definition) is 2. The van der Waals surface area contributed by atoms with Crippen LogP contribution in [-0.2, 0) is 6.61 Å². The minimum Gasteiger partial charge on any atom is -0.432 e. The van der Waals surface area contributed by atoms with Crippen LogP contribution in [0.2, 0.25) is 0 Å². The van der Waals surface area contributed by atoms with Crippen LogP contribution in [0.5, 0.6) is 0 Å². The summed E-state index contributed by atoms with van der Waals surface area (Å²) in [7, 11) is 0. The van der Waals surface area contributed by atoms with Crippen LogP contribution >= 0.6 is 0 Å². The van der Waals surface area contributed by atoms with E-state index in [-0.39, 0.29) is 19.3 Å². The average molecular weight is 198 g/mol. The summed E-state index contributed by atoms with van der Waals surface area (Å²) in [5.74, 6) is 0. The summed E-state index contributed by atoms with van der Waals surface area (Å²) < 4.78 is 5.22. The van der Waals surface area contributed by atoms with Crippen LogP contribution in [0.4, 0.5) is 6.01 Å². The van der Waals surface area contributed by atoms with E-state index in [1.54, 1.807) is 0 Å². The Labute approximate surface area is 82.0 Å². The number of aliphatic hydroxyl groups is 2. The molecule has 1 aromatic rings. The molecule has 0 saturated carbocycles. The van der Waals surface area contributed by atoms with Crippen molar-refractivity contribution < 1.29 is 14.6 Å². The zero-order chi connectivity index (χ0) is 9.97. The Hall–Kier alpha value is -1.07. The second-order valence-electron chi connectivity index (χ2n) is 3.45. The van der Waals surface area contributed by atoms with Gasteiger partial charge in [-0.15, -0.1) is 0 Å². The van der Waals surface area contributed by atoms with Crippen molar-refractivity contribution in [2.24, 2.45) is 0 Å². The molecule has 0 amide bonds. The number of oxazole rings is 1. The van der Waals surface area contributed by atoms with E-state index >= 15 is 0 Å². The number of hydrogen-bond acceptors (Lipinski definition) is 5. The van der Waals surface area contributed by atoms with Crippen molar-refractivity contribution in [2.75, 3.05) is 18.1 Å². The first-order valence-electron chi connectivity index (χ1n) is 4.78. The highest BCUT2D eigenvalue weighted by Gasteiger charge is 2.27. The Morgan fingerprint density at radius 1 is 1.57 bits per heavy atom. The Bertz CT molecular complexity index is 300. The Balaban J connectivity index is 2.13. The lowest BCUT2D eigenvalue weighted by atomic mass is 10.2. The number of rotatable bonds is 3. The first-order chi connectivity index (χ1) is 6.85. The van der Waals surface area contributed by atoms with E-state index in [4.69, 9.17) is 14.6 Å². The van der Waals surface area contributed by atoms with Crippen LogP contribution in [0, 0.1) is 0 Å². The quantitative estimate of drug-likeness (QED) is 0.722. The van der Waals surface area contributed by atoms with Gasteiger partial charge in [-0.05, 0) is 12.8 Å². The average Bonchev–Trinajstić information content (AvgIpc) is 2.85. The normalized spacial score (nSPS) is 21.9. The standard InChI is InChI=1S/C9H14N2O3/c12-4-7-6-14-9(10-7)11-3-1-2-8(11)5-13/h6,8,12-13H,1-5H2. The molecule has 0 spiro atoms. The van der Waals surface area contributed by atoms with Gasteiger partial charge in [-0.1, -0.05) is 0 Å². The first kappa shape index (κ1) is 9.48. The van der Waals surface area contributed by atoms with Gasteiger partial charge >= 0.3 is 0 Å². The van der Waals surface area contributed by atoms with E-state index in [0.29, 0.717) is 11.7 Å². The molecule has 1 atom stereocenters. The molecule has 1 aromatic heterocycles. The summed E-state index contributed by atoms with van der Waals surface area (Å²) in [6, 6.07) is 0.616. The van der Waals surface area contributed by atoms with Crippen molar-refractivity contribution in [1.29, 1.82) is 0 Å². The molecular formula is C9H14N2O3. The van der Waals surface area contributed by atoms with Crippen LogP contribution in [0.25, 0.3) is 0 Å². The van der Waals surface area contributed by atoms with Crippen molar-refractivity contribution in [3.63, 3.8) is 0 Å². The van der Waals surface area contributed by atoms with E-state index in [2.05, 4.69) is 4.98 Å². The van der Waals surface area contributed by atoms with E-state index in [1.807, 2.05) is 4.90 Å². The van der Waals surface area contributed by atoms with Gasteiger partial charge in [-0.3, -0.25) is 0 Å². The van der Waals surface area contributed by atoms with Crippen molar-refractivity contribution in [3.05, 3.63) is 12.0 Å². The molecule has 0 radical (unpaired) electrons. The maximum absolute atomic E-state index is 9.10. The third-order valence-corrected chi connectivity index (χ3v) is 2.54. The van der Waals surface area contributed by atoms with Crippen molar-refractivity contribution >= 4 is 6.01 Å².